The first-order valence-corrected chi connectivity index (χ1v) is 10.3. The SMILES string of the molecule is CCC(C)[C@H](OC(N)=O)C(=O)N1CCC[C@H]1c1ncc(-c2ccc(Br)cc2)[nH]1. The average Bonchev–Trinajstić information content (AvgIpc) is 3.34. The van der Waals surface area contributed by atoms with Gasteiger partial charge in [0.25, 0.3) is 5.91 Å². The fraction of sp³-hybridized carbons (Fsp3) is 0.450. The van der Waals surface area contributed by atoms with Crippen LogP contribution < -0.4 is 5.73 Å². The Kier molecular flexibility index (Phi) is 6.39. The minimum Gasteiger partial charge on any atom is -0.436 e. The number of aromatic nitrogens is 2. The monoisotopic (exact) mass is 448 g/mol. The molecule has 1 aliphatic heterocycles. The maximum Gasteiger partial charge on any atom is 0.405 e. The van der Waals surface area contributed by atoms with Crippen molar-refractivity contribution in [3.05, 3.63) is 40.8 Å². The number of carbonyl (C=O) groups is 2. The number of nitrogens with zero attached hydrogens (tertiary/aromatic N) is 2. The molecule has 3 N–H and O–H groups in total. The van der Waals surface area contributed by atoms with E-state index in [1.165, 1.54) is 0 Å². The molecule has 0 radical (unpaired) electrons. The van der Waals surface area contributed by atoms with Gasteiger partial charge in [0.1, 0.15) is 5.82 Å². The Morgan fingerprint density at radius 3 is 2.75 bits per heavy atom. The second kappa shape index (κ2) is 8.77. The Morgan fingerprint density at radius 2 is 2.11 bits per heavy atom. The van der Waals surface area contributed by atoms with Crippen molar-refractivity contribution in [2.45, 2.75) is 45.3 Å². The topological polar surface area (TPSA) is 101 Å². The van der Waals surface area contributed by atoms with E-state index in [0.717, 1.165) is 34.4 Å². The number of hydrogen-bond acceptors (Lipinski definition) is 4. The zero-order valence-electron chi connectivity index (χ0n) is 16.0. The van der Waals surface area contributed by atoms with Crippen molar-refractivity contribution >= 4 is 27.9 Å². The molecular formula is C20H25BrN4O3. The summed E-state index contributed by atoms with van der Waals surface area (Å²) in [5.74, 6) is 0.416. The van der Waals surface area contributed by atoms with Crippen LogP contribution in [0.15, 0.2) is 34.9 Å². The minimum atomic E-state index is -0.926. The van der Waals surface area contributed by atoms with Crippen molar-refractivity contribution in [1.82, 2.24) is 14.9 Å². The van der Waals surface area contributed by atoms with Crippen molar-refractivity contribution in [1.29, 1.82) is 0 Å². The molecule has 2 aromatic rings. The third-order valence-corrected chi connectivity index (χ3v) is 5.78. The van der Waals surface area contributed by atoms with E-state index < -0.39 is 12.2 Å². The van der Waals surface area contributed by atoms with Crippen LogP contribution in [0.4, 0.5) is 4.79 Å². The van der Waals surface area contributed by atoms with Crippen LogP contribution in [0.3, 0.4) is 0 Å². The summed E-state index contributed by atoms with van der Waals surface area (Å²) >= 11 is 3.43. The van der Waals surface area contributed by atoms with Gasteiger partial charge in [0, 0.05) is 16.9 Å². The molecule has 0 saturated carbocycles. The van der Waals surface area contributed by atoms with Crippen LogP contribution in [0.1, 0.15) is 45.0 Å². The highest BCUT2D eigenvalue weighted by atomic mass is 79.9. The molecule has 7 nitrogen and oxygen atoms in total. The lowest BCUT2D eigenvalue weighted by atomic mass is 10.00. The second-order valence-corrected chi connectivity index (χ2v) is 8.04. The molecule has 2 heterocycles. The highest BCUT2D eigenvalue weighted by Crippen LogP contribution is 2.33. The van der Waals surface area contributed by atoms with Gasteiger partial charge in [-0.25, -0.2) is 9.78 Å². The number of H-pyrrole nitrogens is 1. The molecule has 150 valence electrons. The number of likely N-dealkylation sites (tertiary alicyclic amines) is 1. The number of hydrogen-bond donors (Lipinski definition) is 2. The first-order chi connectivity index (χ1) is 13.4. The number of carbonyl (C=O) groups excluding carboxylic acids is 2. The minimum absolute atomic E-state index is 0.115. The van der Waals surface area contributed by atoms with E-state index in [0.29, 0.717) is 13.0 Å². The van der Waals surface area contributed by atoms with Gasteiger partial charge in [-0.15, -0.1) is 0 Å². The van der Waals surface area contributed by atoms with Crippen molar-refractivity contribution < 1.29 is 14.3 Å². The highest BCUT2D eigenvalue weighted by Gasteiger charge is 2.38. The third-order valence-electron chi connectivity index (χ3n) is 5.25. The Morgan fingerprint density at radius 1 is 1.39 bits per heavy atom. The van der Waals surface area contributed by atoms with E-state index in [1.807, 2.05) is 38.1 Å². The smallest absolute Gasteiger partial charge is 0.405 e. The van der Waals surface area contributed by atoms with E-state index in [-0.39, 0.29) is 17.9 Å². The van der Waals surface area contributed by atoms with Crippen molar-refractivity contribution in [2.24, 2.45) is 11.7 Å². The fourth-order valence-electron chi connectivity index (χ4n) is 3.51. The summed E-state index contributed by atoms with van der Waals surface area (Å²) in [6, 6.07) is 7.77. The first-order valence-electron chi connectivity index (χ1n) is 9.48. The number of benzene rings is 1. The lowest BCUT2D eigenvalue weighted by Crippen LogP contribution is -2.45. The average molecular weight is 449 g/mol. The van der Waals surface area contributed by atoms with Gasteiger partial charge >= 0.3 is 6.09 Å². The second-order valence-electron chi connectivity index (χ2n) is 7.12. The van der Waals surface area contributed by atoms with Crippen LogP contribution in [0, 0.1) is 5.92 Å². The van der Waals surface area contributed by atoms with Gasteiger partial charge in [0.05, 0.1) is 17.9 Å². The highest BCUT2D eigenvalue weighted by molar-refractivity contribution is 9.10. The van der Waals surface area contributed by atoms with Gasteiger partial charge in [0.2, 0.25) is 0 Å². The lowest BCUT2D eigenvalue weighted by molar-refractivity contribution is -0.144. The molecule has 1 aliphatic rings. The molecule has 0 aliphatic carbocycles. The number of ether oxygens (including phenoxy) is 1. The zero-order valence-corrected chi connectivity index (χ0v) is 17.6. The Labute approximate surface area is 172 Å². The van der Waals surface area contributed by atoms with Crippen molar-refractivity contribution in [3.8, 4) is 11.3 Å². The molecule has 3 rings (SSSR count). The van der Waals surface area contributed by atoms with E-state index in [2.05, 4.69) is 25.9 Å². The molecule has 0 spiro atoms. The molecule has 1 aromatic heterocycles. The molecule has 1 saturated heterocycles. The van der Waals surface area contributed by atoms with Gasteiger partial charge < -0.3 is 20.4 Å². The number of aromatic amines is 1. The van der Waals surface area contributed by atoms with Crippen LogP contribution in [-0.2, 0) is 9.53 Å². The summed E-state index contributed by atoms with van der Waals surface area (Å²) in [7, 11) is 0. The van der Waals surface area contributed by atoms with Crippen LogP contribution in [0.25, 0.3) is 11.3 Å². The number of halogens is 1. The van der Waals surface area contributed by atoms with Crippen LogP contribution in [0.2, 0.25) is 0 Å². The van der Waals surface area contributed by atoms with E-state index in [4.69, 9.17) is 10.5 Å². The predicted molar refractivity (Wildman–Crippen MR) is 109 cm³/mol. The molecule has 3 atom stereocenters. The van der Waals surface area contributed by atoms with Gasteiger partial charge in [-0.2, -0.15) is 0 Å². The number of amides is 2. The van der Waals surface area contributed by atoms with Crippen LogP contribution in [-0.4, -0.2) is 39.5 Å². The first kappa shape index (κ1) is 20.4. The Hall–Kier alpha value is -2.35. The predicted octanol–water partition coefficient (Wildman–Crippen LogP) is 4.01. The molecule has 28 heavy (non-hydrogen) atoms. The molecule has 1 aromatic carbocycles. The van der Waals surface area contributed by atoms with Gasteiger partial charge in [-0.1, -0.05) is 41.9 Å². The molecular weight excluding hydrogens is 424 g/mol. The summed E-state index contributed by atoms with van der Waals surface area (Å²) in [4.78, 5) is 34.0. The summed E-state index contributed by atoms with van der Waals surface area (Å²) in [5.41, 5.74) is 7.11. The summed E-state index contributed by atoms with van der Waals surface area (Å²) in [6.45, 7) is 4.44. The van der Waals surface area contributed by atoms with Crippen LogP contribution in [0.5, 0.6) is 0 Å². The number of nitrogens with one attached hydrogen (secondary N) is 1. The Balaban J connectivity index is 1.81. The number of nitrogens with two attached hydrogens (primary N) is 1. The third kappa shape index (κ3) is 4.38. The fourth-order valence-corrected chi connectivity index (χ4v) is 3.77. The molecule has 2 amide bonds. The lowest BCUT2D eigenvalue weighted by Gasteiger charge is -2.29. The number of rotatable bonds is 6. The maximum atomic E-state index is 13.1. The zero-order chi connectivity index (χ0) is 20.3. The Bertz CT molecular complexity index is 836. The largest absolute Gasteiger partial charge is 0.436 e. The number of primary amides is 1. The standard InChI is InChI=1S/C20H25BrN4O3/c1-3-12(2)17(28-20(22)27)19(26)25-10-4-5-16(25)18-23-11-15(24-18)13-6-8-14(21)9-7-13/h6-9,11-12,16-17H,3-5,10H2,1-2H3,(H2,22,27)(H,23,24)/t12?,16-,17-/m0/s1. The number of imidazole rings is 1. The summed E-state index contributed by atoms with van der Waals surface area (Å²) in [6.07, 6.45) is 2.37. The van der Waals surface area contributed by atoms with Crippen LogP contribution >= 0.6 is 15.9 Å². The van der Waals surface area contributed by atoms with E-state index in [9.17, 15) is 9.59 Å². The van der Waals surface area contributed by atoms with Gasteiger partial charge in [-0.3, -0.25) is 4.79 Å². The maximum absolute atomic E-state index is 13.1. The van der Waals surface area contributed by atoms with E-state index in [1.54, 1.807) is 11.1 Å². The summed E-state index contributed by atoms with van der Waals surface area (Å²) < 4.78 is 6.17. The molecule has 0 bridgehead atoms. The molecule has 1 fully saturated rings. The molecule has 8 heteroatoms. The quantitative estimate of drug-likeness (QED) is 0.696. The van der Waals surface area contributed by atoms with E-state index >= 15 is 0 Å². The summed E-state index contributed by atoms with van der Waals surface area (Å²) in [5, 5.41) is 0. The van der Waals surface area contributed by atoms with Crippen molar-refractivity contribution in [2.75, 3.05) is 6.54 Å². The van der Waals surface area contributed by atoms with Gasteiger partial charge in [-0.05, 0) is 37.0 Å². The molecule has 1 unspecified atom stereocenters. The van der Waals surface area contributed by atoms with Crippen molar-refractivity contribution in [3.63, 3.8) is 0 Å². The van der Waals surface area contributed by atoms with Gasteiger partial charge in [0.15, 0.2) is 6.10 Å². The normalized spacial score (nSPS) is 18.7.